The van der Waals surface area contributed by atoms with Crippen molar-refractivity contribution in [3.63, 3.8) is 0 Å². The number of unbranched alkanes of at least 4 members (excludes halogenated alkanes) is 15. The third kappa shape index (κ3) is 16.6. The molecule has 0 bridgehead atoms. The number of para-hydroxylation sites is 1. The third-order valence-electron chi connectivity index (χ3n) is 8.34. The molecule has 1 N–H and O–H groups in total. The van der Waals surface area contributed by atoms with E-state index in [0.717, 1.165) is 29.9 Å². The molecule has 0 radical (unpaired) electrons. The fourth-order valence-corrected chi connectivity index (χ4v) is 5.58. The SMILES string of the molecule is CCCCCCCCCCCCCCCCCCOc1cccc(C(=O)O)c1OCCCOc1ccc(OCc2ccccc2)cc1. The maximum Gasteiger partial charge on any atom is 0.339 e. The van der Waals surface area contributed by atoms with Crippen molar-refractivity contribution >= 4 is 5.97 Å². The van der Waals surface area contributed by atoms with Crippen molar-refractivity contribution in [3.8, 4) is 23.0 Å². The maximum atomic E-state index is 11.9. The van der Waals surface area contributed by atoms with E-state index in [2.05, 4.69) is 6.92 Å². The molecular weight excluding hydrogens is 588 g/mol. The second kappa shape index (κ2) is 24.5. The highest BCUT2D eigenvalue weighted by molar-refractivity contribution is 5.92. The van der Waals surface area contributed by atoms with Crippen molar-refractivity contribution in [3.05, 3.63) is 83.9 Å². The van der Waals surface area contributed by atoms with Gasteiger partial charge in [0, 0.05) is 6.42 Å². The summed E-state index contributed by atoms with van der Waals surface area (Å²) in [6.07, 6.45) is 21.7. The average molecular weight is 647 g/mol. The summed E-state index contributed by atoms with van der Waals surface area (Å²) in [7, 11) is 0. The molecule has 0 aliphatic heterocycles. The molecule has 3 aromatic carbocycles. The topological polar surface area (TPSA) is 74.2 Å². The normalized spacial score (nSPS) is 10.9. The predicted octanol–water partition coefficient (Wildman–Crippen LogP) is 11.5. The molecule has 258 valence electrons. The van der Waals surface area contributed by atoms with Gasteiger partial charge in [0.1, 0.15) is 23.7 Å². The average Bonchev–Trinajstić information content (AvgIpc) is 3.09. The van der Waals surface area contributed by atoms with Crippen molar-refractivity contribution in [1.82, 2.24) is 0 Å². The zero-order chi connectivity index (χ0) is 33.2. The van der Waals surface area contributed by atoms with Gasteiger partial charge in [0.05, 0.1) is 19.8 Å². The van der Waals surface area contributed by atoms with Crippen molar-refractivity contribution in [2.24, 2.45) is 0 Å². The minimum absolute atomic E-state index is 0.112. The van der Waals surface area contributed by atoms with Gasteiger partial charge in [-0.05, 0) is 48.4 Å². The number of rotatable bonds is 28. The lowest BCUT2D eigenvalue weighted by Crippen LogP contribution is -2.10. The first-order valence-electron chi connectivity index (χ1n) is 18.2. The fraction of sp³-hybridized carbons (Fsp3) is 0.537. The number of aromatic carboxylic acids is 1. The van der Waals surface area contributed by atoms with Crippen LogP contribution in [0, 0.1) is 0 Å². The maximum absolute atomic E-state index is 11.9. The highest BCUT2D eigenvalue weighted by Crippen LogP contribution is 2.32. The van der Waals surface area contributed by atoms with Gasteiger partial charge in [-0.25, -0.2) is 4.79 Å². The second-order valence-corrected chi connectivity index (χ2v) is 12.4. The van der Waals surface area contributed by atoms with E-state index in [0.29, 0.717) is 38.6 Å². The summed E-state index contributed by atoms with van der Waals surface area (Å²) in [6.45, 7) is 4.10. The summed E-state index contributed by atoms with van der Waals surface area (Å²) in [6, 6.07) is 22.6. The number of carboxylic acid groups (broad SMARTS) is 1. The van der Waals surface area contributed by atoms with E-state index in [1.165, 1.54) is 89.9 Å². The lowest BCUT2D eigenvalue weighted by atomic mass is 10.0. The Bertz CT molecular complexity index is 1210. The largest absolute Gasteiger partial charge is 0.493 e. The van der Waals surface area contributed by atoms with E-state index in [4.69, 9.17) is 18.9 Å². The number of carbonyl (C=O) groups is 1. The van der Waals surface area contributed by atoms with E-state index >= 15 is 0 Å². The van der Waals surface area contributed by atoms with Crippen LogP contribution in [0.2, 0.25) is 0 Å². The standard InChI is InChI=1S/C41H58O6/c1-2-3-4-5-6-7-8-9-10-11-12-13-14-15-16-20-31-45-39-26-21-25-38(41(42)43)40(39)46-33-22-32-44-36-27-29-37(30-28-36)47-34-35-23-18-17-19-24-35/h17-19,21,23-30H,2-16,20,22,31-34H2,1H3,(H,42,43). The Kier molecular flexibility index (Phi) is 19.7. The molecule has 0 saturated heterocycles. The lowest BCUT2D eigenvalue weighted by molar-refractivity contribution is 0.0690. The molecular formula is C41H58O6. The van der Waals surface area contributed by atoms with Crippen LogP contribution in [0.15, 0.2) is 72.8 Å². The summed E-state index contributed by atoms with van der Waals surface area (Å²) in [5.41, 5.74) is 1.23. The van der Waals surface area contributed by atoms with Gasteiger partial charge in [-0.15, -0.1) is 0 Å². The Morgan fingerprint density at radius 2 is 1.02 bits per heavy atom. The molecule has 0 fully saturated rings. The Balaban J connectivity index is 1.24. The van der Waals surface area contributed by atoms with E-state index in [1.54, 1.807) is 18.2 Å². The molecule has 47 heavy (non-hydrogen) atoms. The summed E-state index contributed by atoms with van der Waals surface area (Å²) < 4.78 is 23.6. The van der Waals surface area contributed by atoms with E-state index in [1.807, 2.05) is 54.6 Å². The van der Waals surface area contributed by atoms with Gasteiger partial charge in [0.2, 0.25) is 0 Å². The van der Waals surface area contributed by atoms with Gasteiger partial charge >= 0.3 is 5.97 Å². The summed E-state index contributed by atoms with van der Waals surface area (Å²) in [4.78, 5) is 11.9. The quantitative estimate of drug-likeness (QED) is 0.0791. The predicted molar refractivity (Wildman–Crippen MR) is 191 cm³/mol. The number of ether oxygens (including phenoxy) is 4. The number of hydrogen-bond acceptors (Lipinski definition) is 5. The van der Waals surface area contributed by atoms with Crippen LogP contribution in [0.25, 0.3) is 0 Å². The Morgan fingerprint density at radius 1 is 0.511 bits per heavy atom. The molecule has 0 unspecified atom stereocenters. The second-order valence-electron chi connectivity index (χ2n) is 12.4. The first-order valence-corrected chi connectivity index (χ1v) is 18.2. The smallest absolute Gasteiger partial charge is 0.339 e. The van der Waals surface area contributed by atoms with Gasteiger partial charge in [-0.3, -0.25) is 0 Å². The number of benzene rings is 3. The number of carboxylic acids is 1. The number of hydrogen-bond donors (Lipinski definition) is 1. The minimum atomic E-state index is -1.03. The molecule has 0 saturated carbocycles. The van der Waals surface area contributed by atoms with Gasteiger partial charge in [0.15, 0.2) is 11.5 Å². The summed E-state index contributed by atoms with van der Waals surface area (Å²) in [5, 5.41) is 9.72. The minimum Gasteiger partial charge on any atom is -0.493 e. The van der Waals surface area contributed by atoms with E-state index < -0.39 is 5.97 Å². The summed E-state index contributed by atoms with van der Waals surface area (Å²) in [5.74, 6) is 1.26. The molecule has 3 aromatic rings. The summed E-state index contributed by atoms with van der Waals surface area (Å²) >= 11 is 0. The van der Waals surface area contributed by atoms with Crippen molar-refractivity contribution in [2.75, 3.05) is 19.8 Å². The Morgan fingerprint density at radius 3 is 1.60 bits per heavy atom. The molecule has 0 aliphatic rings. The molecule has 0 amide bonds. The van der Waals surface area contributed by atoms with Crippen molar-refractivity contribution in [1.29, 1.82) is 0 Å². The van der Waals surface area contributed by atoms with Crippen LogP contribution in [0.1, 0.15) is 132 Å². The van der Waals surface area contributed by atoms with Gasteiger partial charge in [-0.1, -0.05) is 140 Å². The van der Waals surface area contributed by atoms with Crippen LogP contribution < -0.4 is 18.9 Å². The Labute approximate surface area is 283 Å². The fourth-order valence-electron chi connectivity index (χ4n) is 5.58. The van der Waals surface area contributed by atoms with Crippen LogP contribution in [0.5, 0.6) is 23.0 Å². The van der Waals surface area contributed by atoms with E-state index in [-0.39, 0.29) is 11.3 Å². The molecule has 0 heterocycles. The van der Waals surface area contributed by atoms with Crippen molar-refractivity contribution < 1.29 is 28.8 Å². The zero-order valence-electron chi connectivity index (χ0n) is 28.8. The molecule has 3 rings (SSSR count). The molecule has 0 aliphatic carbocycles. The van der Waals surface area contributed by atoms with Gasteiger partial charge in [0.25, 0.3) is 0 Å². The van der Waals surface area contributed by atoms with Gasteiger partial charge < -0.3 is 24.1 Å². The zero-order valence-corrected chi connectivity index (χ0v) is 28.8. The Hall–Kier alpha value is -3.67. The monoisotopic (exact) mass is 646 g/mol. The van der Waals surface area contributed by atoms with Gasteiger partial charge in [-0.2, -0.15) is 0 Å². The van der Waals surface area contributed by atoms with Crippen LogP contribution in [-0.2, 0) is 6.61 Å². The van der Waals surface area contributed by atoms with E-state index in [9.17, 15) is 9.90 Å². The molecule has 0 aromatic heterocycles. The van der Waals surface area contributed by atoms with Crippen LogP contribution in [-0.4, -0.2) is 30.9 Å². The van der Waals surface area contributed by atoms with Crippen LogP contribution >= 0.6 is 0 Å². The molecule has 0 atom stereocenters. The molecule has 6 heteroatoms. The highest BCUT2D eigenvalue weighted by Gasteiger charge is 2.17. The first-order chi connectivity index (χ1) is 23.2. The van der Waals surface area contributed by atoms with Crippen molar-refractivity contribution in [2.45, 2.75) is 123 Å². The highest BCUT2D eigenvalue weighted by atomic mass is 16.5. The third-order valence-corrected chi connectivity index (χ3v) is 8.34. The first kappa shape index (κ1) is 37.8. The molecule has 6 nitrogen and oxygen atoms in total. The molecule has 0 spiro atoms. The van der Waals surface area contributed by atoms with Crippen LogP contribution in [0.4, 0.5) is 0 Å². The van der Waals surface area contributed by atoms with Crippen LogP contribution in [0.3, 0.4) is 0 Å². The lowest BCUT2D eigenvalue weighted by Gasteiger charge is -2.15.